The third kappa shape index (κ3) is 3.19. The Labute approximate surface area is 150 Å². The molecule has 1 saturated heterocycles. The van der Waals surface area contributed by atoms with Gasteiger partial charge in [-0.25, -0.2) is 13.2 Å². The van der Waals surface area contributed by atoms with E-state index in [0.717, 1.165) is 17.8 Å². The van der Waals surface area contributed by atoms with Crippen LogP contribution < -0.4 is 0 Å². The maximum absolute atomic E-state index is 12.6. The minimum Gasteiger partial charge on any atom is -0.478 e. The van der Waals surface area contributed by atoms with Gasteiger partial charge in [0.05, 0.1) is 5.56 Å². The number of amides is 1. The predicted molar refractivity (Wildman–Crippen MR) is 90.2 cm³/mol. The van der Waals surface area contributed by atoms with Crippen LogP contribution in [0.25, 0.3) is 0 Å². The number of carboxylic acids is 1. The Hall–Kier alpha value is -1.49. The van der Waals surface area contributed by atoms with E-state index in [0.29, 0.717) is 25.9 Å². The second-order valence-corrected chi connectivity index (χ2v) is 9.28. The highest BCUT2D eigenvalue weighted by atomic mass is 32.2. The summed E-state index contributed by atoms with van der Waals surface area (Å²) in [7, 11) is -2.20. The van der Waals surface area contributed by atoms with Crippen LogP contribution in [0.4, 0.5) is 0 Å². The van der Waals surface area contributed by atoms with Gasteiger partial charge in [0, 0.05) is 38.7 Å². The molecule has 1 aromatic heterocycles. The van der Waals surface area contributed by atoms with E-state index in [1.54, 1.807) is 4.90 Å². The lowest BCUT2D eigenvalue weighted by molar-refractivity contribution is -0.167. The van der Waals surface area contributed by atoms with Crippen LogP contribution in [-0.2, 0) is 19.6 Å². The van der Waals surface area contributed by atoms with Crippen LogP contribution in [0.5, 0.6) is 0 Å². The zero-order valence-electron chi connectivity index (χ0n) is 13.8. The number of methoxy groups -OCH3 is 1. The van der Waals surface area contributed by atoms with Crippen LogP contribution in [0.3, 0.4) is 0 Å². The molecule has 2 heterocycles. The van der Waals surface area contributed by atoms with Crippen molar-refractivity contribution in [3.63, 3.8) is 0 Å². The standard InChI is InChI=1S/C15H20N2O6S2/c1-23-15(3-2-4-15)14(20)16-5-7-17(8-6-16)25(21,22)12-9-11(10-24-12)13(18)19/h9-10H,2-8H2,1H3,(H,18,19). The Morgan fingerprint density at radius 3 is 2.32 bits per heavy atom. The number of sulfonamides is 1. The molecular weight excluding hydrogens is 368 g/mol. The molecule has 1 aliphatic heterocycles. The summed E-state index contributed by atoms with van der Waals surface area (Å²) in [4.78, 5) is 25.2. The van der Waals surface area contributed by atoms with Crippen molar-refractivity contribution in [2.24, 2.45) is 0 Å². The Balaban J connectivity index is 1.67. The van der Waals surface area contributed by atoms with Crippen molar-refractivity contribution in [1.82, 2.24) is 9.21 Å². The van der Waals surface area contributed by atoms with Crippen molar-refractivity contribution < 1.29 is 27.9 Å². The summed E-state index contributed by atoms with van der Waals surface area (Å²) < 4.78 is 32.0. The molecule has 2 aliphatic rings. The zero-order chi connectivity index (χ0) is 18.2. The molecule has 1 aliphatic carbocycles. The topological polar surface area (TPSA) is 104 Å². The second kappa shape index (κ2) is 6.67. The Morgan fingerprint density at radius 1 is 1.24 bits per heavy atom. The predicted octanol–water partition coefficient (Wildman–Crippen LogP) is 0.848. The lowest BCUT2D eigenvalue weighted by Gasteiger charge is -2.44. The van der Waals surface area contributed by atoms with Crippen LogP contribution in [0.15, 0.2) is 15.7 Å². The monoisotopic (exact) mass is 388 g/mol. The van der Waals surface area contributed by atoms with Gasteiger partial charge in [-0.2, -0.15) is 4.31 Å². The number of hydrogen-bond acceptors (Lipinski definition) is 6. The highest BCUT2D eigenvalue weighted by molar-refractivity contribution is 7.91. The van der Waals surface area contributed by atoms with Gasteiger partial charge in [-0.15, -0.1) is 11.3 Å². The van der Waals surface area contributed by atoms with E-state index in [2.05, 4.69) is 0 Å². The zero-order valence-corrected chi connectivity index (χ0v) is 15.4. The van der Waals surface area contributed by atoms with E-state index in [4.69, 9.17) is 9.84 Å². The van der Waals surface area contributed by atoms with Crippen molar-refractivity contribution >= 4 is 33.2 Å². The van der Waals surface area contributed by atoms with Gasteiger partial charge in [-0.05, 0) is 25.3 Å². The van der Waals surface area contributed by atoms with Crippen molar-refractivity contribution in [3.8, 4) is 0 Å². The molecule has 10 heteroatoms. The summed E-state index contributed by atoms with van der Waals surface area (Å²) in [5, 5.41) is 10.3. The lowest BCUT2D eigenvalue weighted by Crippen LogP contribution is -2.59. The number of thiophene rings is 1. The molecule has 1 saturated carbocycles. The van der Waals surface area contributed by atoms with E-state index in [-0.39, 0.29) is 28.8 Å². The fourth-order valence-corrected chi connectivity index (χ4v) is 5.84. The Bertz CT molecular complexity index is 770. The van der Waals surface area contributed by atoms with Gasteiger partial charge in [0.15, 0.2) is 0 Å². The number of carbonyl (C=O) groups is 2. The number of piperazine rings is 1. The van der Waals surface area contributed by atoms with Crippen LogP contribution in [0, 0.1) is 0 Å². The summed E-state index contributed by atoms with van der Waals surface area (Å²) in [6.07, 6.45) is 2.36. The molecule has 1 aromatic rings. The first-order valence-electron chi connectivity index (χ1n) is 7.97. The number of carbonyl (C=O) groups excluding carboxylic acids is 1. The van der Waals surface area contributed by atoms with Gasteiger partial charge < -0.3 is 14.7 Å². The number of ether oxygens (including phenoxy) is 1. The minimum atomic E-state index is -3.74. The summed E-state index contributed by atoms with van der Waals surface area (Å²) >= 11 is 0.895. The first-order valence-corrected chi connectivity index (χ1v) is 10.3. The molecule has 0 unspecified atom stereocenters. The number of nitrogens with zero attached hydrogens (tertiary/aromatic N) is 2. The van der Waals surface area contributed by atoms with Gasteiger partial charge in [-0.3, -0.25) is 4.79 Å². The first kappa shape index (κ1) is 18.3. The average molecular weight is 388 g/mol. The molecule has 0 spiro atoms. The molecule has 2 fully saturated rings. The fourth-order valence-electron chi connectivity index (χ4n) is 3.11. The molecule has 1 amide bonds. The minimum absolute atomic E-state index is 0.0111. The first-order chi connectivity index (χ1) is 11.8. The SMILES string of the molecule is COC1(C(=O)N2CCN(S(=O)(=O)c3cc(C(=O)O)cs3)CC2)CCC1. The van der Waals surface area contributed by atoms with Gasteiger partial charge >= 0.3 is 5.97 Å². The van der Waals surface area contributed by atoms with Crippen LogP contribution >= 0.6 is 11.3 Å². The molecule has 0 bridgehead atoms. The smallest absolute Gasteiger partial charge is 0.336 e. The number of rotatable bonds is 5. The third-order valence-electron chi connectivity index (χ3n) is 4.88. The van der Waals surface area contributed by atoms with E-state index in [9.17, 15) is 18.0 Å². The van der Waals surface area contributed by atoms with Crippen molar-refractivity contribution in [1.29, 1.82) is 0 Å². The maximum atomic E-state index is 12.6. The summed E-state index contributed by atoms with van der Waals surface area (Å²) in [6.45, 7) is 0.989. The molecule has 0 radical (unpaired) electrons. The quantitative estimate of drug-likeness (QED) is 0.802. The van der Waals surface area contributed by atoms with Crippen molar-refractivity contribution in [3.05, 3.63) is 17.0 Å². The molecule has 0 aromatic carbocycles. The van der Waals surface area contributed by atoms with Gasteiger partial charge in [0.2, 0.25) is 0 Å². The third-order valence-corrected chi connectivity index (χ3v) is 8.20. The highest BCUT2D eigenvalue weighted by Crippen LogP contribution is 2.37. The van der Waals surface area contributed by atoms with Gasteiger partial charge in [0.1, 0.15) is 9.81 Å². The molecular formula is C15H20N2O6S2. The number of aromatic carboxylic acids is 1. The highest BCUT2D eigenvalue weighted by Gasteiger charge is 2.47. The largest absolute Gasteiger partial charge is 0.478 e. The van der Waals surface area contributed by atoms with Gasteiger partial charge in [0.25, 0.3) is 15.9 Å². The molecule has 138 valence electrons. The summed E-state index contributed by atoms with van der Waals surface area (Å²) in [5.41, 5.74) is -0.769. The Kier molecular flexibility index (Phi) is 4.89. The Morgan fingerprint density at radius 2 is 1.88 bits per heavy atom. The normalized spacial score (nSPS) is 20.9. The fraction of sp³-hybridized carbons (Fsp3) is 0.600. The molecule has 8 nitrogen and oxygen atoms in total. The maximum Gasteiger partial charge on any atom is 0.336 e. The van der Waals surface area contributed by atoms with Crippen molar-refractivity contribution in [2.75, 3.05) is 33.3 Å². The molecule has 1 N–H and O–H groups in total. The number of hydrogen-bond donors (Lipinski definition) is 1. The van der Waals surface area contributed by atoms with E-state index >= 15 is 0 Å². The second-order valence-electron chi connectivity index (χ2n) is 6.21. The van der Waals surface area contributed by atoms with E-state index in [1.807, 2.05) is 0 Å². The van der Waals surface area contributed by atoms with Crippen LogP contribution in [0.2, 0.25) is 0 Å². The molecule has 3 rings (SSSR count). The summed E-state index contributed by atoms with van der Waals surface area (Å²) in [6, 6.07) is 1.17. The molecule has 25 heavy (non-hydrogen) atoms. The lowest BCUT2D eigenvalue weighted by atomic mass is 9.78. The van der Waals surface area contributed by atoms with Crippen LogP contribution in [-0.4, -0.2) is 73.5 Å². The number of carboxylic acid groups (broad SMARTS) is 1. The van der Waals surface area contributed by atoms with Crippen molar-refractivity contribution in [2.45, 2.75) is 29.1 Å². The van der Waals surface area contributed by atoms with Crippen LogP contribution in [0.1, 0.15) is 29.6 Å². The summed E-state index contributed by atoms with van der Waals surface area (Å²) in [5.74, 6) is -1.22. The average Bonchev–Trinajstić information content (AvgIpc) is 3.05. The van der Waals surface area contributed by atoms with E-state index < -0.39 is 21.6 Å². The molecule has 0 atom stereocenters. The van der Waals surface area contributed by atoms with E-state index in [1.165, 1.54) is 22.9 Å². The van der Waals surface area contributed by atoms with Gasteiger partial charge in [-0.1, -0.05) is 0 Å².